The second-order valence-corrected chi connectivity index (χ2v) is 7.55. The summed E-state index contributed by atoms with van der Waals surface area (Å²) in [6.45, 7) is 5.30. The van der Waals surface area contributed by atoms with Crippen molar-refractivity contribution in [2.24, 2.45) is 5.92 Å². The van der Waals surface area contributed by atoms with E-state index in [0.29, 0.717) is 5.92 Å². The summed E-state index contributed by atoms with van der Waals surface area (Å²) in [5.41, 5.74) is 2.35. The molecule has 0 amide bonds. The largest absolute Gasteiger partial charge is 0.494 e. The van der Waals surface area contributed by atoms with Gasteiger partial charge in [-0.25, -0.2) is 9.97 Å². The summed E-state index contributed by atoms with van der Waals surface area (Å²) in [5.74, 6) is 3.29. The molecule has 0 radical (unpaired) electrons. The first-order chi connectivity index (χ1) is 12.8. The minimum Gasteiger partial charge on any atom is -0.494 e. The zero-order chi connectivity index (χ0) is 18.2. The van der Waals surface area contributed by atoms with E-state index in [-0.39, 0.29) is 0 Å². The van der Waals surface area contributed by atoms with Gasteiger partial charge in [-0.1, -0.05) is 33.1 Å². The number of hydrogen-bond donors (Lipinski definition) is 0. The van der Waals surface area contributed by atoms with E-state index < -0.39 is 0 Å². The molecule has 140 valence electrons. The maximum Gasteiger partial charge on any atom is 0.159 e. The predicted octanol–water partition coefficient (Wildman–Crippen LogP) is 6.40. The Balaban J connectivity index is 1.56. The highest BCUT2D eigenvalue weighted by Crippen LogP contribution is 2.36. The lowest BCUT2D eigenvalue weighted by molar-refractivity contribution is 0.306. The van der Waals surface area contributed by atoms with Gasteiger partial charge in [-0.05, 0) is 73.8 Å². The molecular weight excluding hydrogens is 320 g/mol. The van der Waals surface area contributed by atoms with Gasteiger partial charge in [0, 0.05) is 18.0 Å². The number of aromatic nitrogens is 2. The van der Waals surface area contributed by atoms with E-state index in [1.54, 1.807) is 0 Å². The molecule has 1 heterocycles. The molecule has 1 aromatic carbocycles. The summed E-state index contributed by atoms with van der Waals surface area (Å²) >= 11 is 0. The summed E-state index contributed by atoms with van der Waals surface area (Å²) in [6.07, 6.45) is 14.2. The van der Waals surface area contributed by atoms with Crippen LogP contribution >= 0.6 is 0 Å². The van der Waals surface area contributed by atoms with Gasteiger partial charge in [0.1, 0.15) is 5.75 Å². The molecule has 2 aromatic rings. The molecule has 0 spiro atoms. The molecule has 0 aliphatic heterocycles. The number of ether oxygens (including phenoxy) is 1. The summed E-state index contributed by atoms with van der Waals surface area (Å²) in [7, 11) is 0. The number of benzene rings is 1. The number of nitrogens with zero attached hydrogens (tertiary/aromatic N) is 2. The summed E-state index contributed by atoms with van der Waals surface area (Å²) in [5, 5.41) is 0. The number of rotatable bonds is 8. The molecular formula is C23H32N2O. The fraction of sp³-hybridized carbons (Fsp3) is 0.565. The Morgan fingerprint density at radius 2 is 1.62 bits per heavy atom. The van der Waals surface area contributed by atoms with Crippen LogP contribution in [0.15, 0.2) is 36.7 Å². The Kier molecular flexibility index (Phi) is 7.04. The molecule has 3 heteroatoms. The molecule has 1 aliphatic rings. The Morgan fingerprint density at radius 1 is 0.923 bits per heavy atom. The van der Waals surface area contributed by atoms with Crippen LogP contribution in [0.5, 0.6) is 5.75 Å². The third kappa shape index (κ3) is 5.06. The van der Waals surface area contributed by atoms with Crippen LogP contribution in [0.4, 0.5) is 0 Å². The van der Waals surface area contributed by atoms with E-state index >= 15 is 0 Å². The number of hydrogen-bond acceptors (Lipinski definition) is 3. The lowest BCUT2D eigenvalue weighted by Gasteiger charge is -2.27. The minimum atomic E-state index is 0.644. The van der Waals surface area contributed by atoms with Gasteiger partial charge >= 0.3 is 0 Å². The molecule has 1 fully saturated rings. The second-order valence-electron chi connectivity index (χ2n) is 7.55. The van der Waals surface area contributed by atoms with Crippen molar-refractivity contribution in [3.63, 3.8) is 0 Å². The van der Waals surface area contributed by atoms with E-state index in [0.717, 1.165) is 36.1 Å². The molecule has 0 atom stereocenters. The standard InChI is InChI=1S/C23H32N2O/c1-3-5-6-15-26-22-13-11-20(12-14-22)23-24-16-21(17-25-23)19-9-7-18(4-2)8-10-19/h11-14,16-19H,3-10,15H2,1-2H3. The van der Waals surface area contributed by atoms with Gasteiger partial charge in [0.2, 0.25) is 0 Å². The lowest BCUT2D eigenvalue weighted by atomic mass is 9.78. The van der Waals surface area contributed by atoms with E-state index in [4.69, 9.17) is 4.74 Å². The number of unbranched alkanes of at least 4 members (excludes halogenated alkanes) is 2. The molecule has 0 unspecified atom stereocenters. The lowest BCUT2D eigenvalue weighted by Crippen LogP contribution is -2.13. The van der Waals surface area contributed by atoms with Crippen molar-refractivity contribution in [1.82, 2.24) is 9.97 Å². The first-order valence-corrected chi connectivity index (χ1v) is 10.3. The zero-order valence-corrected chi connectivity index (χ0v) is 16.3. The quantitative estimate of drug-likeness (QED) is 0.516. The minimum absolute atomic E-state index is 0.644. The van der Waals surface area contributed by atoms with Crippen molar-refractivity contribution < 1.29 is 4.74 Å². The molecule has 1 aromatic heterocycles. The zero-order valence-electron chi connectivity index (χ0n) is 16.3. The van der Waals surface area contributed by atoms with Crippen LogP contribution in [0.3, 0.4) is 0 Å². The molecule has 3 rings (SSSR count). The Morgan fingerprint density at radius 3 is 2.23 bits per heavy atom. The van der Waals surface area contributed by atoms with E-state index in [9.17, 15) is 0 Å². The highest BCUT2D eigenvalue weighted by atomic mass is 16.5. The predicted molar refractivity (Wildman–Crippen MR) is 107 cm³/mol. The highest BCUT2D eigenvalue weighted by Gasteiger charge is 2.21. The van der Waals surface area contributed by atoms with Crippen LogP contribution in [0.2, 0.25) is 0 Å². The SMILES string of the molecule is CCCCCOc1ccc(-c2ncc(C3CCC(CC)CC3)cn2)cc1. The Hall–Kier alpha value is -1.90. The van der Waals surface area contributed by atoms with Crippen LogP contribution in [-0.2, 0) is 0 Å². The molecule has 0 saturated heterocycles. The Bertz CT molecular complexity index is 643. The van der Waals surface area contributed by atoms with Crippen LogP contribution in [0.1, 0.15) is 76.7 Å². The molecule has 1 aliphatic carbocycles. The monoisotopic (exact) mass is 352 g/mol. The smallest absolute Gasteiger partial charge is 0.159 e. The van der Waals surface area contributed by atoms with Crippen molar-refractivity contribution in [2.75, 3.05) is 6.61 Å². The third-order valence-corrected chi connectivity index (χ3v) is 5.70. The van der Waals surface area contributed by atoms with Crippen LogP contribution in [0.25, 0.3) is 11.4 Å². The third-order valence-electron chi connectivity index (χ3n) is 5.70. The molecule has 3 nitrogen and oxygen atoms in total. The van der Waals surface area contributed by atoms with Crippen molar-refractivity contribution in [1.29, 1.82) is 0 Å². The maximum atomic E-state index is 5.77. The van der Waals surface area contributed by atoms with Crippen molar-refractivity contribution in [3.05, 3.63) is 42.2 Å². The fourth-order valence-electron chi connectivity index (χ4n) is 3.84. The van der Waals surface area contributed by atoms with Crippen molar-refractivity contribution in [2.45, 2.75) is 71.1 Å². The molecule has 1 saturated carbocycles. The topological polar surface area (TPSA) is 35.0 Å². The second kappa shape index (κ2) is 9.70. The van der Waals surface area contributed by atoms with Gasteiger partial charge in [-0.3, -0.25) is 0 Å². The molecule has 0 N–H and O–H groups in total. The van der Waals surface area contributed by atoms with Gasteiger partial charge < -0.3 is 4.74 Å². The highest BCUT2D eigenvalue weighted by molar-refractivity contribution is 5.56. The maximum absolute atomic E-state index is 5.77. The normalized spacial score (nSPS) is 20.1. The van der Waals surface area contributed by atoms with Crippen LogP contribution in [0, 0.1) is 5.92 Å². The van der Waals surface area contributed by atoms with E-state index in [2.05, 4.69) is 35.9 Å². The van der Waals surface area contributed by atoms with Gasteiger partial charge in [-0.2, -0.15) is 0 Å². The van der Waals surface area contributed by atoms with Gasteiger partial charge in [0.05, 0.1) is 6.61 Å². The van der Waals surface area contributed by atoms with Gasteiger partial charge in [-0.15, -0.1) is 0 Å². The van der Waals surface area contributed by atoms with Crippen LogP contribution < -0.4 is 4.74 Å². The van der Waals surface area contributed by atoms with Crippen molar-refractivity contribution in [3.8, 4) is 17.1 Å². The Labute approximate surface area is 158 Å². The molecule has 0 bridgehead atoms. The van der Waals surface area contributed by atoms with E-state index in [1.165, 1.54) is 50.5 Å². The first kappa shape index (κ1) is 18.9. The first-order valence-electron chi connectivity index (χ1n) is 10.3. The van der Waals surface area contributed by atoms with Crippen LogP contribution in [-0.4, -0.2) is 16.6 Å². The summed E-state index contributed by atoms with van der Waals surface area (Å²) in [4.78, 5) is 9.26. The van der Waals surface area contributed by atoms with Gasteiger partial charge in [0.25, 0.3) is 0 Å². The van der Waals surface area contributed by atoms with Gasteiger partial charge in [0.15, 0.2) is 5.82 Å². The van der Waals surface area contributed by atoms with Crippen molar-refractivity contribution >= 4 is 0 Å². The average molecular weight is 353 g/mol. The average Bonchev–Trinajstić information content (AvgIpc) is 2.72. The van der Waals surface area contributed by atoms with E-state index in [1.807, 2.05) is 24.5 Å². The molecule has 26 heavy (non-hydrogen) atoms. The summed E-state index contributed by atoms with van der Waals surface area (Å²) < 4.78 is 5.77. The fourth-order valence-corrected chi connectivity index (χ4v) is 3.84. The summed E-state index contributed by atoms with van der Waals surface area (Å²) in [6, 6.07) is 8.14.